The summed E-state index contributed by atoms with van der Waals surface area (Å²) >= 11 is 0. The predicted octanol–water partition coefficient (Wildman–Crippen LogP) is 1.87. The first-order valence-corrected chi connectivity index (χ1v) is 5.22. The molecule has 1 aliphatic rings. The summed E-state index contributed by atoms with van der Waals surface area (Å²) in [6, 6.07) is 8.05. The molecule has 15 heavy (non-hydrogen) atoms. The lowest BCUT2D eigenvalue weighted by atomic mass is 10.0. The molecule has 2 rings (SSSR count). The first-order chi connectivity index (χ1) is 7.16. The van der Waals surface area contributed by atoms with Crippen LogP contribution in [0.2, 0.25) is 0 Å². The highest BCUT2D eigenvalue weighted by atomic mass is 16.4. The molecule has 0 saturated carbocycles. The molecule has 0 bridgehead atoms. The van der Waals surface area contributed by atoms with Crippen LogP contribution in [0.4, 0.5) is 0 Å². The van der Waals surface area contributed by atoms with E-state index in [1.165, 1.54) is 11.1 Å². The second kappa shape index (κ2) is 4.03. The molecule has 80 valence electrons. The van der Waals surface area contributed by atoms with Crippen molar-refractivity contribution >= 4 is 5.97 Å². The van der Waals surface area contributed by atoms with Gasteiger partial charge in [0.2, 0.25) is 0 Å². The Morgan fingerprint density at radius 2 is 2.27 bits per heavy atom. The third-order valence-electron chi connectivity index (χ3n) is 2.89. The molecule has 0 spiro atoms. The number of carbonyl (C=O) groups is 1. The summed E-state index contributed by atoms with van der Waals surface area (Å²) in [4.78, 5) is 10.8. The average Bonchev–Trinajstić information content (AvgIpc) is 2.66. The van der Waals surface area contributed by atoms with Gasteiger partial charge >= 0.3 is 5.97 Å². The van der Waals surface area contributed by atoms with E-state index in [4.69, 9.17) is 5.11 Å². The third-order valence-corrected chi connectivity index (χ3v) is 2.89. The minimum absolute atomic E-state index is 0.200. The topological polar surface area (TPSA) is 49.3 Å². The SMILES string of the molecule is Cc1cccc(C2CCC(C(=O)O)N2)c1. The molecule has 1 aromatic rings. The maximum Gasteiger partial charge on any atom is 0.320 e. The molecule has 0 radical (unpaired) electrons. The van der Waals surface area contributed by atoms with Crippen LogP contribution < -0.4 is 5.32 Å². The second-order valence-corrected chi connectivity index (χ2v) is 4.10. The molecular formula is C12H15NO2. The van der Waals surface area contributed by atoms with Crippen molar-refractivity contribution in [3.8, 4) is 0 Å². The van der Waals surface area contributed by atoms with Crippen molar-refractivity contribution in [2.24, 2.45) is 0 Å². The van der Waals surface area contributed by atoms with Gasteiger partial charge in [0.15, 0.2) is 0 Å². The molecule has 1 saturated heterocycles. The van der Waals surface area contributed by atoms with E-state index in [9.17, 15) is 4.79 Å². The van der Waals surface area contributed by atoms with Gasteiger partial charge in [-0.25, -0.2) is 0 Å². The molecule has 0 amide bonds. The number of benzene rings is 1. The van der Waals surface area contributed by atoms with E-state index in [-0.39, 0.29) is 12.1 Å². The van der Waals surface area contributed by atoms with Gasteiger partial charge in [-0.15, -0.1) is 0 Å². The van der Waals surface area contributed by atoms with Crippen molar-refractivity contribution in [2.45, 2.75) is 31.8 Å². The molecule has 2 N–H and O–H groups in total. The molecule has 2 unspecified atom stereocenters. The normalized spacial score (nSPS) is 25.4. The van der Waals surface area contributed by atoms with Crippen molar-refractivity contribution in [3.63, 3.8) is 0 Å². The minimum Gasteiger partial charge on any atom is -0.480 e. The van der Waals surface area contributed by atoms with Gasteiger partial charge in [0.1, 0.15) is 6.04 Å². The minimum atomic E-state index is -0.745. The van der Waals surface area contributed by atoms with Crippen LogP contribution in [-0.4, -0.2) is 17.1 Å². The number of rotatable bonds is 2. The maximum absolute atomic E-state index is 10.8. The maximum atomic E-state index is 10.8. The smallest absolute Gasteiger partial charge is 0.320 e. The van der Waals surface area contributed by atoms with E-state index in [0.29, 0.717) is 6.42 Å². The van der Waals surface area contributed by atoms with Gasteiger partial charge in [-0.1, -0.05) is 29.8 Å². The molecular weight excluding hydrogens is 190 g/mol. The van der Waals surface area contributed by atoms with Gasteiger partial charge in [0.05, 0.1) is 0 Å². The van der Waals surface area contributed by atoms with Crippen LogP contribution in [0.15, 0.2) is 24.3 Å². The van der Waals surface area contributed by atoms with Crippen LogP contribution in [0.25, 0.3) is 0 Å². The van der Waals surface area contributed by atoms with Crippen LogP contribution in [0, 0.1) is 6.92 Å². The molecule has 3 nitrogen and oxygen atoms in total. The molecule has 0 aromatic heterocycles. The summed E-state index contributed by atoms with van der Waals surface area (Å²) in [5.74, 6) is -0.745. The molecule has 0 aliphatic carbocycles. The predicted molar refractivity (Wildman–Crippen MR) is 57.7 cm³/mol. The molecule has 1 aliphatic heterocycles. The van der Waals surface area contributed by atoms with E-state index in [1.54, 1.807) is 0 Å². The average molecular weight is 205 g/mol. The molecule has 1 fully saturated rings. The number of hydrogen-bond donors (Lipinski definition) is 2. The van der Waals surface area contributed by atoms with Crippen LogP contribution in [0.5, 0.6) is 0 Å². The number of aryl methyl sites for hydroxylation is 1. The zero-order chi connectivity index (χ0) is 10.8. The molecule has 1 aromatic carbocycles. The summed E-state index contributed by atoms with van der Waals surface area (Å²) in [6.07, 6.45) is 1.62. The van der Waals surface area contributed by atoms with Crippen molar-refractivity contribution in [1.82, 2.24) is 5.32 Å². The Kier molecular flexibility index (Phi) is 2.73. The second-order valence-electron chi connectivity index (χ2n) is 4.10. The Morgan fingerprint density at radius 3 is 2.87 bits per heavy atom. The monoisotopic (exact) mass is 205 g/mol. The van der Waals surface area contributed by atoms with Crippen molar-refractivity contribution in [2.75, 3.05) is 0 Å². The van der Waals surface area contributed by atoms with Crippen molar-refractivity contribution in [1.29, 1.82) is 0 Å². The summed E-state index contributed by atoms with van der Waals surface area (Å²) in [6.45, 7) is 2.05. The summed E-state index contributed by atoms with van der Waals surface area (Å²) < 4.78 is 0. The number of hydrogen-bond acceptors (Lipinski definition) is 2. The van der Waals surface area contributed by atoms with E-state index in [1.807, 2.05) is 19.1 Å². The standard InChI is InChI=1S/C12H15NO2/c1-8-3-2-4-9(7-8)10-5-6-11(13-10)12(14)15/h2-4,7,10-11,13H,5-6H2,1H3,(H,14,15). The lowest BCUT2D eigenvalue weighted by molar-refractivity contribution is -0.139. The zero-order valence-corrected chi connectivity index (χ0v) is 8.73. The van der Waals surface area contributed by atoms with Gasteiger partial charge in [-0.3, -0.25) is 10.1 Å². The first kappa shape index (κ1) is 10.2. The summed E-state index contributed by atoms with van der Waals surface area (Å²) in [5.41, 5.74) is 2.41. The third kappa shape index (κ3) is 2.18. The van der Waals surface area contributed by atoms with Crippen LogP contribution in [0.1, 0.15) is 30.0 Å². The van der Waals surface area contributed by atoms with Gasteiger partial charge < -0.3 is 5.11 Å². The van der Waals surface area contributed by atoms with E-state index in [0.717, 1.165) is 6.42 Å². The Labute approximate surface area is 89.1 Å². The lowest BCUT2D eigenvalue weighted by Crippen LogP contribution is -2.31. The highest BCUT2D eigenvalue weighted by Gasteiger charge is 2.29. The Balaban J connectivity index is 2.11. The van der Waals surface area contributed by atoms with Crippen molar-refractivity contribution in [3.05, 3.63) is 35.4 Å². The number of aliphatic carboxylic acids is 1. The van der Waals surface area contributed by atoms with Gasteiger partial charge in [-0.05, 0) is 25.3 Å². The van der Waals surface area contributed by atoms with E-state index < -0.39 is 5.97 Å². The van der Waals surface area contributed by atoms with Gasteiger partial charge in [0.25, 0.3) is 0 Å². The quantitative estimate of drug-likeness (QED) is 0.775. The fourth-order valence-electron chi connectivity index (χ4n) is 2.09. The molecule has 3 heteroatoms. The van der Waals surface area contributed by atoms with Crippen LogP contribution in [0.3, 0.4) is 0 Å². The summed E-state index contributed by atoms with van der Waals surface area (Å²) in [7, 11) is 0. The number of carboxylic acids is 1. The first-order valence-electron chi connectivity index (χ1n) is 5.22. The summed E-state index contributed by atoms with van der Waals surface area (Å²) in [5, 5.41) is 12.0. The largest absolute Gasteiger partial charge is 0.480 e. The van der Waals surface area contributed by atoms with E-state index >= 15 is 0 Å². The Hall–Kier alpha value is -1.35. The lowest BCUT2D eigenvalue weighted by Gasteiger charge is -2.12. The van der Waals surface area contributed by atoms with Gasteiger partial charge in [-0.2, -0.15) is 0 Å². The highest BCUT2D eigenvalue weighted by molar-refractivity contribution is 5.73. The van der Waals surface area contributed by atoms with Crippen molar-refractivity contribution < 1.29 is 9.90 Å². The van der Waals surface area contributed by atoms with Crippen LogP contribution in [-0.2, 0) is 4.79 Å². The van der Waals surface area contributed by atoms with Crippen LogP contribution >= 0.6 is 0 Å². The van der Waals surface area contributed by atoms with E-state index in [2.05, 4.69) is 17.4 Å². The Morgan fingerprint density at radius 1 is 1.47 bits per heavy atom. The molecule has 1 heterocycles. The number of carboxylic acid groups (broad SMARTS) is 1. The zero-order valence-electron chi connectivity index (χ0n) is 8.73. The highest BCUT2D eigenvalue weighted by Crippen LogP contribution is 2.26. The molecule has 2 atom stereocenters. The fourth-order valence-corrected chi connectivity index (χ4v) is 2.09. The Bertz CT molecular complexity index is 376. The van der Waals surface area contributed by atoms with Gasteiger partial charge in [0, 0.05) is 6.04 Å². The number of nitrogens with one attached hydrogen (secondary N) is 1. The fraction of sp³-hybridized carbons (Fsp3) is 0.417.